The third-order valence-corrected chi connectivity index (χ3v) is 3.55. The van der Waals surface area contributed by atoms with Crippen molar-refractivity contribution in [1.82, 2.24) is 5.32 Å². The van der Waals surface area contributed by atoms with Crippen LogP contribution in [-0.4, -0.2) is 17.1 Å². The predicted octanol–water partition coefficient (Wildman–Crippen LogP) is 3.32. The van der Waals surface area contributed by atoms with E-state index in [0.717, 1.165) is 10.9 Å². The van der Waals surface area contributed by atoms with Gasteiger partial charge in [-0.3, -0.25) is 4.79 Å². The molecular weight excluding hydrogens is 282 g/mol. The molecule has 0 fully saturated rings. The lowest BCUT2D eigenvalue weighted by atomic mass is 10.0. The summed E-state index contributed by atoms with van der Waals surface area (Å²) in [5.41, 5.74) is 0.309. The lowest BCUT2D eigenvalue weighted by molar-refractivity contribution is 0.0925. The average molecular weight is 300 g/mol. The lowest BCUT2D eigenvalue weighted by Crippen LogP contribution is -2.36. The molecule has 17 heavy (non-hydrogen) atoms. The van der Waals surface area contributed by atoms with E-state index >= 15 is 0 Å². The average Bonchev–Trinajstić information content (AvgIpc) is 2.27. The van der Waals surface area contributed by atoms with Gasteiger partial charge in [-0.25, -0.2) is 0 Å². The van der Waals surface area contributed by atoms with Gasteiger partial charge in [0.25, 0.3) is 5.91 Å². The monoisotopic (exact) mass is 299 g/mol. The van der Waals surface area contributed by atoms with Crippen LogP contribution in [0.15, 0.2) is 22.7 Å². The van der Waals surface area contributed by atoms with Gasteiger partial charge >= 0.3 is 0 Å². The Kier molecular flexibility index (Phi) is 5.00. The van der Waals surface area contributed by atoms with Crippen LogP contribution >= 0.6 is 15.9 Å². The zero-order valence-electron chi connectivity index (χ0n) is 10.3. The first-order chi connectivity index (χ1) is 7.95. The highest BCUT2D eigenvalue weighted by Crippen LogP contribution is 2.22. The van der Waals surface area contributed by atoms with Crippen LogP contribution in [0.3, 0.4) is 0 Å². The van der Waals surface area contributed by atoms with Crippen LogP contribution in [0.25, 0.3) is 0 Å². The van der Waals surface area contributed by atoms with E-state index in [0.29, 0.717) is 11.5 Å². The van der Waals surface area contributed by atoms with E-state index in [1.165, 1.54) is 6.07 Å². The first kappa shape index (κ1) is 14.0. The minimum Gasteiger partial charge on any atom is -0.507 e. The van der Waals surface area contributed by atoms with Crippen molar-refractivity contribution in [1.29, 1.82) is 0 Å². The van der Waals surface area contributed by atoms with Crippen molar-refractivity contribution < 1.29 is 9.90 Å². The number of carbonyl (C=O) groups is 1. The van der Waals surface area contributed by atoms with Crippen molar-refractivity contribution >= 4 is 21.8 Å². The summed E-state index contributed by atoms with van der Waals surface area (Å²) in [5, 5.41) is 12.6. The normalized spacial score (nSPS) is 14.1. The largest absolute Gasteiger partial charge is 0.507 e. The van der Waals surface area contributed by atoms with Crippen molar-refractivity contribution in [2.24, 2.45) is 5.92 Å². The number of phenols is 1. The van der Waals surface area contributed by atoms with Gasteiger partial charge in [0.05, 0.1) is 5.56 Å². The summed E-state index contributed by atoms with van der Waals surface area (Å²) in [4.78, 5) is 11.9. The third kappa shape index (κ3) is 3.73. The second-order valence-corrected chi connectivity index (χ2v) is 5.22. The molecule has 0 saturated heterocycles. The number of hydrogen-bond acceptors (Lipinski definition) is 2. The van der Waals surface area contributed by atoms with Crippen LogP contribution in [0.1, 0.15) is 37.6 Å². The second kappa shape index (κ2) is 6.05. The van der Waals surface area contributed by atoms with Gasteiger partial charge in [-0.1, -0.05) is 36.2 Å². The lowest BCUT2D eigenvalue weighted by Gasteiger charge is -2.20. The summed E-state index contributed by atoms with van der Waals surface area (Å²) < 4.78 is 0.751. The van der Waals surface area contributed by atoms with E-state index in [1.54, 1.807) is 12.1 Å². The second-order valence-electron chi connectivity index (χ2n) is 4.31. The number of phenolic OH excluding ortho intramolecular Hbond substituents is 1. The van der Waals surface area contributed by atoms with Gasteiger partial charge in [-0.2, -0.15) is 0 Å². The maximum absolute atomic E-state index is 11.9. The summed E-state index contributed by atoms with van der Waals surface area (Å²) in [7, 11) is 0. The molecule has 1 amide bonds. The first-order valence-corrected chi connectivity index (χ1v) is 6.54. The van der Waals surface area contributed by atoms with Crippen LogP contribution in [0, 0.1) is 5.92 Å². The zero-order valence-corrected chi connectivity index (χ0v) is 11.9. The number of aromatic hydroxyl groups is 1. The highest BCUT2D eigenvalue weighted by atomic mass is 79.9. The van der Waals surface area contributed by atoms with E-state index < -0.39 is 0 Å². The van der Waals surface area contributed by atoms with Crippen molar-refractivity contribution in [3.63, 3.8) is 0 Å². The van der Waals surface area contributed by atoms with Crippen LogP contribution in [-0.2, 0) is 0 Å². The Morgan fingerprint density at radius 3 is 2.65 bits per heavy atom. The van der Waals surface area contributed by atoms with Crippen LogP contribution in [0.2, 0.25) is 0 Å². The third-order valence-electron chi connectivity index (χ3n) is 3.06. The molecule has 2 unspecified atom stereocenters. The smallest absolute Gasteiger partial charge is 0.255 e. The first-order valence-electron chi connectivity index (χ1n) is 5.75. The van der Waals surface area contributed by atoms with Gasteiger partial charge in [0.1, 0.15) is 5.75 Å². The van der Waals surface area contributed by atoms with Gasteiger partial charge in [0.15, 0.2) is 0 Å². The number of hydrogen-bond donors (Lipinski definition) is 2. The van der Waals surface area contributed by atoms with Gasteiger partial charge in [0, 0.05) is 10.5 Å². The molecule has 1 rings (SSSR count). The standard InChI is InChI=1S/C13H18BrNO2/c1-4-8(2)9(3)15-13(17)11-6-5-10(14)7-12(11)16/h5-9,16H,4H2,1-3H3,(H,15,17). The molecule has 0 aliphatic carbocycles. The Morgan fingerprint density at radius 2 is 2.12 bits per heavy atom. The van der Waals surface area contributed by atoms with E-state index in [1.807, 2.05) is 6.92 Å². The van der Waals surface area contributed by atoms with Gasteiger partial charge < -0.3 is 10.4 Å². The number of benzene rings is 1. The maximum atomic E-state index is 11.9. The minimum absolute atomic E-state index is 0.00627. The van der Waals surface area contributed by atoms with Crippen LogP contribution in [0.4, 0.5) is 0 Å². The molecule has 2 atom stereocenters. The number of rotatable bonds is 4. The molecule has 0 aliphatic heterocycles. The SMILES string of the molecule is CCC(C)C(C)NC(=O)c1ccc(Br)cc1O. The minimum atomic E-state index is -0.234. The fourth-order valence-corrected chi connectivity index (χ4v) is 1.83. The summed E-state index contributed by atoms with van der Waals surface area (Å²) in [6.45, 7) is 6.15. The van der Waals surface area contributed by atoms with Gasteiger partial charge in [0.2, 0.25) is 0 Å². The Hall–Kier alpha value is -1.03. The van der Waals surface area contributed by atoms with Crippen molar-refractivity contribution in [3.8, 4) is 5.75 Å². The molecule has 2 N–H and O–H groups in total. The molecule has 0 aromatic heterocycles. The molecule has 3 nitrogen and oxygen atoms in total. The number of amides is 1. The van der Waals surface area contributed by atoms with E-state index in [4.69, 9.17) is 0 Å². The Bertz CT molecular complexity index is 406. The summed E-state index contributed by atoms with van der Waals surface area (Å²) in [5.74, 6) is 0.174. The fourth-order valence-electron chi connectivity index (χ4n) is 1.48. The van der Waals surface area contributed by atoms with E-state index in [-0.39, 0.29) is 17.7 Å². The maximum Gasteiger partial charge on any atom is 0.255 e. The Morgan fingerprint density at radius 1 is 1.47 bits per heavy atom. The van der Waals surface area contributed by atoms with E-state index in [2.05, 4.69) is 35.1 Å². The molecule has 94 valence electrons. The molecule has 4 heteroatoms. The van der Waals surface area contributed by atoms with Crippen LogP contribution < -0.4 is 5.32 Å². The molecule has 0 heterocycles. The number of carbonyl (C=O) groups excluding carboxylic acids is 1. The molecule has 1 aromatic rings. The zero-order chi connectivity index (χ0) is 13.0. The molecule has 0 radical (unpaired) electrons. The Labute approximate surface area is 110 Å². The van der Waals surface area contributed by atoms with Crippen LogP contribution in [0.5, 0.6) is 5.75 Å². The quantitative estimate of drug-likeness (QED) is 0.896. The Balaban J connectivity index is 2.76. The molecule has 0 aliphatic rings. The summed E-state index contributed by atoms with van der Waals surface area (Å²) in [6, 6.07) is 4.96. The summed E-state index contributed by atoms with van der Waals surface area (Å²) >= 11 is 3.24. The van der Waals surface area contributed by atoms with Crippen molar-refractivity contribution in [3.05, 3.63) is 28.2 Å². The highest BCUT2D eigenvalue weighted by Gasteiger charge is 2.16. The number of nitrogens with one attached hydrogen (secondary N) is 1. The van der Waals surface area contributed by atoms with Crippen molar-refractivity contribution in [2.75, 3.05) is 0 Å². The van der Waals surface area contributed by atoms with Gasteiger partial charge in [-0.05, 0) is 31.0 Å². The molecular formula is C13H18BrNO2. The number of halogens is 1. The predicted molar refractivity (Wildman–Crippen MR) is 72.2 cm³/mol. The summed E-state index contributed by atoms with van der Waals surface area (Å²) in [6.07, 6.45) is 1.01. The topological polar surface area (TPSA) is 49.3 Å². The van der Waals surface area contributed by atoms with Crippen molar-refractivity contribution in [2.45, 2.75) is 33.2 Å². The highest BCUT2D eigenvalue weighted by molar-refractivity contribution is 9.10. The fraction of sp³-hybridized carbons (Fsp3) is 0.462. The molecule has 0 bridgehead atoms. The molecule has 0 saturated carbocycles. The molecule has 0 spiro atoms. The van der Waals surface area contributed by atoms with E-state index in [9.17, 15) is 9.90 Å². The van der Waals surface area contributed by atoms with Gasteiger partial charge in [-0.15, -0.1) is 0 Å². The molecule has 1 aromatic carbocycles.